The predicted octanol–water partition coefficient (Wildman–Crippen LogP) is 3.76. The fourth-order valence-corrected chi connectivity index (χ4v) is 2.02. The van der Waals surface area contributed by atoms with Crippen molar-refractivity contribution in [1.29, 1.82) is 0 Å². The van der Waals surface area contributed by atoms with E-state index in [0.717, 1.165) is 10.0 Å². The molecular weight excluding hydrogens is 316 g/mol. The molecule has 1 aromatic carbocycles. The first kappa shape index (κ1) is 13.1. The Morgan fingerprint density at radius 1 is 1.28 bits per heavy atom. The summed E-state index contributed by atoms with van der Waals surface area (Å²) in [5.41, 5.74) is 1.37. The first-order chi connectivity index (χ1) is 8.66. The van der Waals surface area contributed by atoms with Crippen molar-refractivity contribution in [2.24, 2.45) is 0 Å². The lowest BCUT2D eigenvalue weighted by atomic mass is 10.1. The summed E-state index contributed by atoms with van der Waals surface area (Å²) in [6.45, 7) is 0. The molecule has 18 heavy (non-hydrogen) atoms. The zero-order valence-electron chi connectivity index (χ0n) is 9.31. The number of benzene rings is 1. The molecule has 1 heterocycles. The first-order valence-corrected chi connectivity index (χ1v) is 6.50. The largest absolute Gasteiger partial charge is 0.323 e. The molecule has 92 valence electrons. The van der Waals surface area contributed by atoms with E-state index in [4.69, 9.17) is 11.6 Å². The van der Waals surface area contributed by atoms with Gasteiger partial charge in [0, 0.05) is 10.7 Å². The van der Waals surface area contributed by atoms with Crippen molar-refractivity contribution >= 4 is 39.1 Å². The van der Waals surface area contributed by atoms with E-state index in [0.29, 0.717) is 5.69 Å². The number of nitrogens with zero attached hydrogens (tertiary/aromatic N) is 1. The van der Waals surface area contributed by atoms with Gasteiger partial charge in [-0.3, -0.25) is 9.78 Å². The van der Waals surface area contributed by atoms with Gasteiger partial charge in [0.25, 0.3) is 0 Å². The number of alkyl halides is 1. The second-order valence-corrected chi connectivity index (χ2v) is 5.01. The second-order valence-electron chi connectivity index (χ2n) is 3.65. The fraction of sp³-hybridized carbons (Fsp3) is 0.0769. The van der Waals surface area contributed by atoms with Crippen LogP contribution in [-0.2, 0) is 4.79 Å². The summed E-state index contributed by atoms with van der Waals surface area (Å²) in [5, 5.41) is 2.00. The van der Waals surface area contributed by atoms with Gasteiger partial charge in [0.15, 0.2) is 0 Å². The highest BCUT2D eigenvalue weighted by Gasteiger charge is 2.17. The van der Waals surface area contributed by atoms with Crippen LogP contribution in [0.25, 0.3) is 0 Å². The van der Waals surface area contributed by atoms with Crippen LogP contribution in [0.1, 0.15) is 10.9 Å². The number of nitrogens with one attached hydrogen (secondary N) is 1. The minimum absolute atomic E-state index is 0.275. The van der Waals surface area contributed by atoms with E-state index in [1.807, 2.05) is 30.3 Å². The molecule has 0 radical (unpaired) electrons. The lowest BCUT2D eigenvalue weighted by molar-refractivity contribution is -0.116. The summed E-state index contributed by atoms with van der Waals surface area (Å²) in [7, 11) is 0. The number of halogens is 2. The molecule has 0 aliphatic carbocycles. The van der Waals surface area contributed by atoms with E-state index < -0.39 is 5.38 Å². The van der Waals surface area contributed by atoms with Crippen molar-refractivity contribution in [3.05, 3.63) is 58.8 Å². The van der Waals surface area contributed by atoms with Crippen LogP contribution in [0, 0.1) is 0 Å². The lowest BCUT2D eigenvalue weighted by Gasteiger charge is -2.10. The van der Waals surface area contributed by atoms with Crippen LogP contribution >= 0.6 is 27.5 Å². The number of anilines is 1. The van der Waals surface area contributed by atoms with E-state index in [1.165, 1.54) is 0 Å². The number of rotatable bonds is 3. The van der Waals surface area contributed by atoms with Gasteiger partial charge in [-0.2, -0.15) is 0 Å². The fourth-order valence-electron chi connectivity index (χ4n) is 1.46. The number of carbonyl (C=O) groups excluding carboxylic acids is 1. The minimum Gasteiger partial charge on any atom is -0.323 e. The standard InChI is InChI=1S/C13H10BrClN2O/c14-10-6-11(8-16-7-10)17-13(18)12(15)9-4-2-1-3-5-9/h1-8,12H,(H,17,18). The molecule has 5 heteroatoms. The SMILES string of the molecule is O=C(Nc1cncc(Br)c1)C(Cl)c1ccccc1. The highest BCUT2D eigenvalue weighted by molar-refractivity contribution is 9.10. The topological polar surface area (TPSA) is 42.0 Å². The average molecular weight is 326 g/mol. The van der Waals surface area contributed by atoms with Gasteiger partial charge < -0.3 is 5.32 Å². The highest BCUT2D eigenvalue weighted by atomic mass is 79.9. The number of aromatic nitrogens is 1. The molecule has 3 nitrogen and oxygen atoms in total. The Morgan fingerprint density at radius 3 is 2.67 bits per heavy atom. The maximum Gasteiger partial charge on any atom is 0.247 e. The van der Waals surface area contributed by atoms with Gasteiger partial charge in [0.1, 0.15) is 5.38 Å². The van der Waals surface area contributed by atoms with Crippen LogP contribution in [0.3, 0.4) is 0 Å². The Kier molecular flexibility index (Phi) is 4.33. The molecule has 0 bridgehead atoms. The second kappa shape index (κ2) is 5.98. The average Bonchev–Trinajstić information content (AvgIpc) is 2.39. The van der Waals surface area contributed by atoms with Crippen molar-refractivity contribution in [1.82, 2.24) is 4.98 Å². The normalized spacial score (nSPS) is 11.9. The monoisotopic (exact) mass is 324 g/mol. The maximum atomic E-state index is 11.9. The summed E-state index contributed by atoms with van der Waals surface area (Å²) in [6.07, 6.45) is 3.21. The summed E-state index contributed by atoms with van der Waals surface area (Å²) < 4.78 is 0.797. The van der Waals surface area contributed by atoms with Gasteiger partial charge in [0.2, 0.25) is 5.91 Å². The number of hydrogen-bond acceptors (Lipinski definition) is 2. The summed E-state index contributed by atoms with van der Waals surface area (Å²) in [4.78, 5) is 15.9. The summed E-state index contributed by atoms with van der Waals surface area (Å²) >= 11 is 9.39. The van der Waals surface area contributed by atoms with Crippen LogP contribution < -0.4 is 5.32 Å². The van der Waals surface area contributed by atoms with Crippen molar-refractivity contribution in [2.45, 2.75) is 5.38 Å². The van der Waals surface area contributed by atoms with Crippen molar-refractivity contribution in [3.8, 4) is 0 Å². The number of pyridine rings is 1. The molecule has 0 fully saturated rings. The van der Waals surface area contributed by atoms with Crippen LogP contribution in [0.2, 0.25) is 0 Å². The lowest BCUT2D eigenvalue weighted by Crippen LogP contribution is -2.17. The van der Waals surface area contributed by atoms with Gasteiger partial charge in [-0.1, -0.05) is 30.3 Å². The molecular formula is C13H10BrClN2O. The minimum atomic E-state index is -0.717. The molecule has 0 aliphatic rings. The van der Waals surface area contributed by atoms with E-state index >= 15 is 0 Å². The van der Waals surface area contributed by atoms with Crippen molar-refractivity contribution in [3.63, 3.8) is 0 Å². The van der Waals surface area contributed by atoms with Crippen LogP contribution in [0.15, 0.2) is 53.3 Å². The molecule has 1 aromatic heterocycles. The molecule has 0 spiro atoms. The number of carbonyl (C=O) groups is 1. The van der Waals surface area contributed by atoms with Gasteiger partial charge in [0.05, 0.1) is 11.9 Å². The van der Waals surface area contributed by atoms with Gasteiger partial charge in [-0.15, -0.1) is 11.6 Å². The van der Waals surface area contributed by atoms with Crippen LogP contribution in [0.4, 0.5) is 5.69 Å². The van der Waals surface area contributed by atoms with E-state index in [1.54, 1.807) is 18.5 Å². The van der Waals surface area contributed by atoms with Crippen molar-refractivity contribution < 1.29 is 4.79 Å². The highest BCUT2D eigenvalue weighted by Crippen LogP contribution is 2.22. The first-order valence-electron chi connectivity index (χ1n) is 5.27. The van der Waals surface area contributed by atoms with E-state index in [9.17, 15) is 4.79 Å². The van der Waals surface area contributed by atoms with Crippen LogP contribution in [-0.4, -0.2) is 10.9 Å². The zero-order chi connectivity index (χ0) is 13.0. The third-order valence-corrected chi connectivity index (χ3v) is 3.18. The molecule has 1 amide bonds. The van der Waals surface area contributed by atoms with Gasteiger partial charge in [-0.25, -0.2) is 0 Å². The molecule has 1 atom stereocenters. The maximum absolute atomic E-state index is 11.9. The Bertz CT molecular complexity index is 548. The summed E-state index contributed by atoms with van der Waals surface area (Å²) in [5.74, 6) is -0.275. The number of hydrogen-bond donors (Lipinski definition) is 1. The quantitative estimate of drug-likeness (QED) is 0.873. The molecule has 0 saturated carbocycles. The third-order valence-electron chi connectivity index (χ3n) is 2.29. The third kappa shape index (κ3) is 3.31. The van der Waals surface area contributed by atoms with Crippen LogP contribution in [0.5, 0.6) is 0 Å². The molecule has 0 aliphatic heterocycles. The Morgan fingerprint density at radius 2 is 2.00 bits per heavy atom. The Hall–Kier alpha value is -1.39. The molecule has 2 rings (SSSR count). The smallest absolute Gasteiger partial charge is 0.247 e. The van der Waals surface area contributed by atoms with E-state index in [-0.39, 0.29) is 5.91 Å². The molecule has 0 saturated heterocycles. The summed E-state index contributed by atoms with van der Waals surface area (Å²) in [6, 6.07) is 11.0. The zero-order valence-corrected chi connectivity index (χ0v) is 11.6. The van der Waals surface area contributed by atoms with Gasteiger partial charge >= 0.3 is 0 Å². The van der Waals surface area contributed by atoms with Crippen molar-refractivity contribution in [2.75, 3.05) is 5.32 Å². The Balaban J connectivity index is 2.09. The number of amides is 1. The van der Waals surface area contributed by atoms with Gasteiger partial charge in [-0.05, 0) is 27.6 Å². The van der Waals surface area contributed by atoms with E-state index in [2.05, 4.69) is 26.2 Å². The molecule has 1 N–H and O–H groups in total. The molecule has 1 unspecified atom stereocenters. The predicted molar refractivity (Wildman–Crippen MR) is 75.6 cm³/mol. The molecule has 2 aromatic rings. The Labute approximate surface area is 118 Å².